The van der Waals surface area contributed by atoms with E-state index in [9.17, 15) is 0 Å². The van der Waals surface area contributed by atoms with Crippen molar-refractivity contribution in [3.63, 3.8) is 0 Å². The number of benzene rings is 2. The molecule has 0 saturated carbocycles. The molecule has 1 aliphatic heterocycles. The molecular weight excluding hydrogens is 271 g/mol. The van der Waals surface area contributed by atoms with Crippen molar-refractivity contribution in [1.29, 1.82) is 0 Å². The summed E-state index contributed by atoms with van der Waals surface area (Å²) < 4.78 is 1.37. The van der Waals surface area contributed by atoms with E-state index in [1.54, 1.807) is 0 Å². The van der Waals surface area contributed by atoms with Gasteiger partial charge in [-0.2, -0.15) is 0 Å². The molecule has 78 valence electrons. The lowest BCUT2D eigenvalue weighted by atomic mass is 10.3. The second kappa shape index (κ2) is 4.68. The third-order valence-corrected chi connectivity index (χ3v) is 7.14. The van der Waals surface area contributed by atoms with Crippen LogP contribution >= 0.6 is 33.6 Å². The van der Waals surface area contributed by atoms with Gasteiger partial charge in [-0.1, -0.05) is 52.2 Å². The van der Waals surface area contributed by atoms with Crippen molar-refractivity contribution in [3.05, 3.63) is 42.5 Å². The van der Waals surface area contributed by atoms with Crippen molar-refractivity contribution >= 4 is 52.3 Å². The Morgan fingerprint density at radius 3 is 2.25 bits per heavy atom. The van der Waals surface area contributed by atoms with Crippen LogP contribution in [0.3, 0.4) is 0 Å². The Morgan fingerprint density at radius 2 is 1.50 bits per heavy atom. The molecule has 0 spiro atoms. The molecule has 0 nitrogen and oxygen atoms in total. The fourth-order valence-electron chi connectivity index (χ4n) is 1.71. The van der Waals surface area contributed by atoms with Crippen LogP contribution in [0.25, 0.3) is 0 Å². The SMILES string of the molecule is [Cl][AlH][c]1cccc2c1Sc1ccccc1S2. The predicted molar refractivity (Wildman–Crippen MR) is 73.8 cm³/mol. The molecule has 0 radical (unpaired) electrons. The van der Waals surface area contributed by atoms with Crippen LogP contribution in [0.4, 0.5) is 0 Å². The van der Waals surface area contributed by atoms with E-state index in [0.29, 0.717) is 0 Å². The van der Waals surface area contributed by atoms with E-state index in [-0.39, 0.29) is 0 Å². The van der Waals surface area contributed by atoms with E-state index in [4.69, 9.17) is 10.0 Å². The molecule has 16 heavy (non-hydrogen) atoms. The van der Waals surface area contributed by atoms with Gasteiger partial charge in [0.15, 0.2) is 0 Å². The number of hydrogen-bond acceptors (Lipinski definition) is 2. The van der Waals surface area contributed by atoms with Crippen molar-refractivity contribution in [1.82, 2.24) is 0 Å². The topological polar surface area (TPSA) is 0 Å². The standard InChI is InChI=1S/C12H7S2.Al.ClH.H/c1-2-6-10-9(5-1)13-11-7-3-4-8-12(11)14-10;;;/h1-7H;;1H;/q;+1;;/p-1. The van der Waals surface area contributed by atoms with Gasteiger partial charge in [0, 0.05) is 19.6 Å². The van der Waals surface area contributed by atoms with Gasteiger partial charge in [-0.05, 0) is 18.2 Å². The van der Waals surface area contributed by atoms with Gasteiger partial charge in [-0.25, -0.2) is 0 Å². The molecule has 4 heteroatoms. The molecule has 0 aliphatic carbocycles. The van der Waals surface area contributed by atoms with Crippen LogP contribution in [-0.4, -0.2) is 14.3 Å². The monoisotopic (exact) mass is 278 g/mol. The average molecular weight is 279 g/mol. The van der Waals surface area contributed by atoms with Gasteiger partial charge in [-0.3, -0.25) is 10.0 Å². The summed E-state index contributed by atoms with van der Waals surface area (Å²) in [4.78, 5) is 5.45. The largest absolute Gasteiger partial charge is 0.415 e. The minimum Gasteiger partial charge on any atom is -0.260 e. The maximum absolute atomic E-state index is 6.11. The Balaban J connectivity index is 2.12. The maximum atomic E-state index is 6.11. The van der Waals surface area contributed by atoms with Gasteiger partial charge >= 0.3 is 14.3 Å². The molecule has 0 amide bonds. The molecule has 2 aromatic rings. The smallest absolute Gasteiger partial charge is 0.260 e. The van der Waals surface area contributed by atoms with Gasteiger partial charge in [0.25, 0.3) is 0 Å². The zero-order chi connectivity index (χ0) is 11.0. The van der Waals surface area contributed by atoms with Crippen LogP contribution in [0.2, 0.25) is 0 Å². The molecule has 0 unspecified atom stereocenters. The molecule has 0 fully saturated rings. The fraction of sp³-hybridized carbons (Fsp3) is 0. The third-order valence-electron chi connectivity index (χ3n) is 2.49. The van der Waals surface area contributed by atoms with Crippen LogP contribution in [0.1, 0.15) is 0 Å². The first-order chi connectivity index (χ1) is 7.88. The molecule has 0 aromatic heterocycles. The van der Waals surface area contributed by atoms with Crippen LogP contribution in [0.15, 0.2) is 62.0 Å². The lowest BCUT2D eigenvalue weighted by Gasteiger charge is -2.20. The van der Waals surface area contributed by atoms with Crippen molar-refractivity contribution in [2.45, 2.75) is 19.6 Å². The Morgan fingerprint density at radius 1 is 0.812 bits per heavy atom. The third kappa shape index (κ3) is 1.92. The number of halogens is 1. The Labute approximate surface area is 114 Å². The van der Waals surface area contributed by atoms with Gasteiger partial charge in [0.1, 0.15) is 0 Å². The Kier molecular flexibility index (Phi) is 3.24. The van der Waals surface area contributed by atoms with Gasteiger partial charge in [-0.15, -0.1) is 0 Å². The van der Waals surface area contributed by atoms with E-state index in [1.165, 1.54) is 24.0 Å². The molecule has 3 rings (SSSR count). The summed E-state index contributed by atoms with van der Waals surface area (Å²) in [6, 6.07) is 15.0. The number of hydrogen-bond donors (Lipinski definition) is 0. The first-order valence-electron chi connectivity index (χ1n) is 5.01. The summed E-state index contributed by atoms with van der Waals surface area (Å²) in [5.74, 6) is 0. The molecule has 0 saturated heterocycles. The minimum absolute atomic E-state index is 0.608. The molecule has 0 N–H and O–H groups in total. The maximum Gasteiger partial charge on any atom is 0.415 e. The van der Waals surface area contributed by atoms with Gasteiger partial charge in [0.05, 0.1) is 0 Å². The van der Waals surface area contributed by atoms with Crippen LogP contribution in [-0.2, 0) is 0 Å². The minimum atomic E-state index is -0.608. The normalized spacial score (nSPS) is 12.8. The van der Waals surface area contributed by atoms with E-state index in [2.05, 4.69) is 42.5 Å². The zero-order valence-corrected chi connectivity index (χ0v) is 12.2. The van der Waals surface area contributed by atoms with E-state index >= 15 is 0 Å². The van der Waals surface area contributed by atoms with Gasteiger partial charge in [0.2, 0.25) is 0 Å². The highest BCUT2D eigenvalue weighted by Crippen LogP contribution is 2.47. The highest BCUT2D eigenvalue weighted by atomic mass is 35.6. The lowest BCUT2D eigenvalue weighted by Crippen LogP contribution is -2.13. The molecular formula is C12H8AlClS2. The van der Waals surface area contributed by atoms with Crippen molar-refractivity contribution in [3.8, 4) is 0 Å². The van der Waals surface area contributed by atoms with Crippen LogP contribution < -0.4 is 4.43 Å². The van der Waals surface area contributed by atoms with Crippen molar-refractivity contribution < 1.29 is 0 Å². The molecule has 1 aliphatic rings. The second-order valence-electron chi connectivity index (χ2n) is 3.53. The highest BCUT2D eigenvalue weighted by Gasteiger charge is 2.18. The number of fused-ring (bicyclic) bond motifs is 2. The Hall–Kier alpha value is -0.0375. The fourth-order valence-corrected chi connectivity index (χ4v) is 6.04. The molecule has 0 atom stereocenters. The van der Waals surface area contributed by atoms with E-state index in [1.807, 2.05) is 23.5 Å². The summed E-state index contributed by atoms with van der Waals surface area (Å²) in [6.45, 7) is 0. The average Bonchev–Trinajstić information content (AvgIpc) is 2.35. The molecule has 2 aromatic carbocycles. The second-order valence-corrected chi connectivity index (χ2v) is 7.50. The van der Waals surface area contributed by atoms with Crippen LogP contribution in [0.5, 0.6) is 0 Å². The first-order valence-corrected chi connectivity index (χ1v) is 9.49. The number of rotatable bonds is 1. The van der Waals surface area contributed by atoms with Gasteiger partial charge < -0.3 is 0 Å². The molecule has 0 bridgehead atoms. The zero-order valence-electron chi connectivity index (χ0n) is 8.44. The molecule has 1 heterocycles. The van der Waals surface area contributed by atoms with Crippen molar-refractivity contribution in [2.24, 2.45) is 0 Å². The summed E-state index contributed by atoms with van der Waals surface area (Å²) in [6.07, 6.45) is 0. The van der Waals surface area contributed by atoms with E-state index in [0.717, 1.165) is 0 Å². The van der Waals surface area contributed by atoms with E-state index < -0.39 is 14.3 Å². The quantitative estimate of drug-likeness (QED) is 0.625. The first kappa shape index (κ1) is 11.1. The van der Waals surface area contributed by atoms with Crippen LogP contribution in [0, 0.1) is 0 Å². The summed E-state index contributed by atoms with van der Waals surface area (Å²) in [5.41, 5.74) is 0. The lowest BCUT2D eigenvalue weighted by molar-refractivity contribution is 1.17. The summed E-state index contributed by atoms with van der Waals surface area (Å²) in [5, 5.41) is 0. The predicted octanol–water partition coefficient (Wildman–Crippen LogP) is 3.52. The summed E-state index contributed by atoms with van der Waals surface area (Å²) in [7, 11) is 6.11. The summed E-state index contributed by atoms with van der Waals surface area (Å²) >= 11 is 3.11. The van der Waals surface area contributed by atoms with Crippen molar-refractivity contribution in [2.75, 3.05) is 0 Å². The highest BCUT2D eigenvalue weighted by molar-refractivity contribution is 8.05. The Bertz CT molecular complexity index is 542.